The first-order valence-corrected chi connectivity index (χ1v) is 4.81. The maximum atomic E-state index is 5.28. The quantitative estimate of drug-likeness (QED) is 0.705. The van der Waals surface area contributed by atoms with E-state index in [0.29, 0.717) is 6.54 Å². The van der Waals surface area contributed by atoms with Crippen LogP contribution >= 0.6 is 24.8 Å². The second-order valence-corrected chi connectivity index (χ2v) is 3.25. The van der Waals surface area contributed by atoms with Crippen molar-refractivity contribution in [2.75, 3.05) is 26.2 Å². The average Bonchev–Trinajstić information content (AvgIpc) is 2.33. The zero-order valence-corrected chi connectivity index (χ0v) is 10.1. The molecule has 1 aliphatic rings. The monoisotopic (exact) mass is 238 g/mol. The molecule has 4 heteroatoms. The van der Waals surface area contributed by atoms with Crippen LogP contribution in [0.1, 0.15) is 25.7 Å². The predicted octanol–water partition coefficient (Wildman–Crippen LogP) is 1.67. The van der Waals surface area contributed by atoms with Crippen LogP contribution in [-0.2, 0) is 0 Å². The molecular formula is C10H20Cl2N2. The Hall–Kier alpha value is 0.0600. The molecule has 0 saturated carbocycles. The third-order valence-corrected chi connectivity index (χ3v) is 2.23. The van der Waals surface area contributed by atoms with Gasteiger partial charge in [0.1, 0.15) is 0 Å². The number of nitrogens with two attached hydrogens (primary N) is 1. The summed E-state index contributed by atoms with van der Waals surface area (Å²) in [5, 5.41) is 0. The van der Waals surface area contributed by atoms with Gasteiger partial charge in [-0.05, 0) is 25.9 Å². The lowest BCUT2D eigenvalue weighted by molar-refractivity contribution is 0.320. The van der Waals surface area contributed by atoms with Gasteiger partial charge in [-0.15, -0.1) is 24.8 Å². The van der Waals surface area contributed by atoms with E-state index < -0.39 is 0 Å². The molecule has 0 spiro atoms. The minimum Gasteiger partial charge on any atom is -0.320 e. The molecule has 0 aliphatic carbocycles. The van der Waals surface area contributed by atoms with Crippen LogP contribution < -0.4 is 5.73 Å². The predicted molar refractivity (Wildman–Crippen MR) is 66.2 cm³/mol. The third-order valence-electron chi connectivity index (χ3n) is 2.23. The molecule has 0 unspecified atom stereocenters. The number of rotatable bonds is 1. The molecule has 0 radical (unpaired) electrons. The fourth-order valence-electron chi connectivity index (χ4n) is 1.53. The summed E-state index contributed by atoms with van der Waals surface area (Å²) >= 11 is 0. The van der Waals surface area contributed by atoms with Crippen LogP contribution in [0.15, 0.2) is 0 Å². The summed E-state index contributed by atoms with van der Waals surface area (Å²) < 4.78 is 0. The Kier molecular flexibility index (Phi) is 13.1. The van der Waals surface area contributed by atoms with E-state index in [0.717, 1.165) is 6.54 Å². The molecule has 0 amide bonds. The largest absolute Gasteiger partial charge is 0.320 e. The van der Waals surface area contributed by atoms with Gasteiger partial charge < -0.3 is 5.73 Å². The fraction of sp³-hybridized carbons (Fsp3) is 0.800. The van der Waals surface area contributed by atoms with Crippen molar-refractivity contribution < 1.29 is 0 Å². The highest BCUT2D eigenvalue weighted by Crippen LogP contribution is 2.08. The molecule has 84 valence electrons. The van der Waals surface area contributed by atoms with Crippen molar-refractivity contribution in [1.82, 2.24) is 4.90 Å². The Bertz CT molecular complexity index is 167. The van der Waals surface area contributed by atoms with Crippen LogP contribution in [0.3, 0.4) is 0 Å². The minimum atomic E-state index is 0. The van der Waals surface area contributed by atoms with E-state index in [4.69, 9.17) is 5.73 Å². The Labute approximate surface area is 99.4 Å². The second kappa shape index (κ2) is 11.1. The molecule has 0 aromatic heterocycles. The lowest BCUT2D eigenvalue weighted by Crippen LogP contribution is -2.24. The van der Waals surface area contributed by atoms with Crippen LogP contribution in [-0.4, -0.2) is 31.1 Å². The van der Waals surface area contributed by atoms with Gasteiger partial charge in [-0.25, -0.2) is 0 Å². The summed E-state index contributed by atoms with van der Waals surface area (Å²) in [4.78, 5) is 2.43. The molecular weight excluding hydrogens is 219 g/mol. The van der Waals surface area contributed by atoms with E-state index >= 15 is 0 Å². The molecule has 0 atom stereocenters. The van der Waals surface area contributed by atoms with Gasteiger partial charge in [0.25, 0.3) is 0 Å². The maximum absolute atomic E-state index is 5.28. The average molecular weight is 239 g/mol. The van der Waals surface area contributed by atoms with E-state index in [1.807, 2.05) is 0 Å². The van der Waals surface area contributed by atoms with Gasteiger partial charge in [0.05, 0.1) is 13.1 Å². The van der Waals surface area contributed by atoms with Crippen molar-refractivity contribution in [3.63, 3.8) is 0 Å². The maximum Gasteiger partial charge on any atom is 0.0602 e. The van der Waals surface area contributed by atoms with Crippen molar-refractivity contribution in [3.05, 3.63) is 0 Å². The summed E-state index contributed by atoms with van der Waals surface area (Å²) in [7, 11) is 0. The first kappa shape index (κ1) is 16.5. The van der Waals surface area contributed by atoms with E-state index in [-0.39, 0.29) is 24.8 Å². The highest BCUT2D eigenvalue weighted by molar-refractivity contribution is 5.85. The fourth-order valence-corrected chi connectivity index (χ4v) is 1.53. The molecule has 0 bridgehead atoms. The number of hydrogen-bond acceptors (Lipinski definition) is 2. The molecule has 2 nitrogen and oxygen atoms in total. The van der Waals surface area contributed by atoms with E-state index in [1.165, 1.54) is 38.8 Å². The van der Waals surface area contributed by atoms with Gasteiger partial charge >= 0.3 is 0 Å². The van der Waals surface area contributed by atoms with Crippen LogP contribution in [0.25, 0.3) is 0 Å². The van der Waals surface area contributed by atoms with Gasteiger partial charge in [-0.1, -0.05) is 24.7 Å². The van der Waals surface area contributed by atoms with Crippen LogP contribution in [0, 0.1) is 11.8 Å². The van der Waals surface area contributed by atoms with Gasteiger partial charge in [-0.3, -0.25) is 4.90 Å². The zero-order valence-electron chi connectivity index (χ0n) is 8.50. The second-order valence-electron chi connectivity index (χ2n) is 3.25. The first-order chi connectivity index (χ1) is 5.93. The topological polar surface area (TPSA) is 29.3 Å². The van der Waals surface area contributed by atoms with Gasteiger partial charge in [0, 0.05) is 0 Å². The normalized spacial score (nSPS) is 16.6. The smallest absolute Gasteiger partial charge is 0.0602 e. The molecule has 1 saturated heterocycles. The Morgan fingerprint density at radius 3 is 2.00 bits per heavy atom. The van der Waals surface area contributed by atoms with E-state index in [9.17, 15) is 0 Å². The molecule has 0 aromatic rings. The summed E-state index contributed by atoms with van der Waals surface area (Å²) in [6.07, 6.45) is 5.45. The Balaban J connectivity index is 0. The SMILES string of the molecule is Cl.Cl.NCC#CCN1CCCCCC1. The van der Waals surface area contributed by atoms with Gasteiger partial charge in [-0.2, -0.15) is 0 Å². The van der Waals surface area contributed by atoms with Gasteiger partial charge in [0.2, 0.25) is 0 Å². The Morgan fingerprint density at radius 2 is 1.50 bits per heavy atom. The van der Waals surface area contributed by atoms with Crippen molar-refractivity contribution in [2.45, 2.75) is 25.7 Å². The molecule has 1 heterocycles. The molecule has 1 rings (SSSR count). The lowest BCUT2D eigenvalue weighted by atomic mass is 10.2. The zero-order chi connectivity index (χ0) is 8.65. The van der Waals surface area contributed by atoms with Crippen molar-refractivity contribution in [1.29, 1.82) is 0 Å². The van der Waals surface area contributed by atoms with Crippen molar-refractivity contribution >= 4 is 24.8 Å². The highest BCUT2D eigenvalue weighted by atomic mass is 35.5. The number of likely N-dealkylation sites (tertiary alicyclic amines) is 1. The van der Waals surface area contributed by atoms with Crippen LogP contribution in [0.2, 0.25) is 0 Å². The summed E-state index contributed by atoms with van der Waals surface area (Å²) in [5.74, 6) is 5.99. The third kappa shape index (κ3) is 7.46. The van der Waals surface area contributed by atoms with E-state index in [1.54, 1.807) is 0 Å². The number of halogens is 2. The number of hydrogen-bond donors (Lipinski definition) is 1. The highest BCUT2D eigenvalue weighted by Gasteiger charge is 2.06. The standard InChI is InChI=1S/C10H18N2.2ClH/c11-7-3-6-10-12-8-4-1-2-5-9-12;;/h1-2,4-5,7-11H2;2*1H. The summed E-state index contributed by atoms with van der Waals surface area (Å²) in [6, 6.07) is 0. The van der Waals surface area contributed by atoms with Crippen molar-refractivity contribution in [3.8, 4) is 11.8 Å². The van der Waals surface area contributed by atoms with Gasteiger partial charge in [0.15, 0.2) is 0 Å². The minimum absolute atomic E-state index is 0. The van der Waals surface area contributed by atoms with Crippen LogP contribution in [0.5, 0.6) is 0 Å². The Morgan fingerprint density at radius 1 is 0.929 bits per heavy atom. The summed E-state index contributed by atoms with van der Waals surface area (Å²) in [5.41, 5.74) is 5.28. The van der Waals surface area contributed by atoms with Crippen LogP contribution in [0.4, 0.5) is 0 Å². The summed E-state index contributed by atoms with van der Waals surface area (Å²) in [6.45, 7) is 3.85. The molecule has 1 fully saturated rings. The first-order valence-electron chi connectivity index (χ1n) is 4.81. The molecule has 1 aliphatic heterocycles. The van der Waals surface area contributed by atoms with Crippen molar-refractivity contribution in [2.24, 2.45) is 5.73 Å². The molecule has 2 N–H and O–H groups in total. The molecule has 0 aromatic carbocycles. The lowest BCUT2D eigenvalue weighted by Gasteiger charge is -2.15. The number of nitrogens with zero attached hydrogens (tertiary/aromatic N) is 1. The van der Waals surface area contributed by atoms with E-state index in [2.05, 4.69) is 16.7 Å². The molecule has 14 heavy (non-hydrogen) atoms.